The summed E-state index contributed by atoms with van der Waals surface area (Å²) in [6.45, 7) is 6.71. The lowest BCUT2D eigenvalue weighted by atomic mass is 10.0. The average molecular weight is 1250 g/mol. The predicted molar refractivity (Wildman–Crippen MR) is 381 cm³/mol. The number of hydrogen-bond donors (Lipinski definition) is 1. The first-order valence-electron chi connectivity index (χ1n) is 36.7. The molecule has 9 nitrogen and oxygen atoms in total. The van der Waals surface area contributed by atoms with E-state index in [4.69, 9.17) is 13.8 Å². The maximum absolute atomic E-state index is 13.6. The Morgan fingerprint density at radius 1 is 0.409 bits per heavy atom. The van der Waals surface area contributed by atoms with Crippen molar-refractivity contribution in [1.82, 2.24) is 5.32 Å². The second kappa shape index (κ2) is 66.6. The number of nitrogens with zero attached hydrogens (tertiary/aromatic N) is 1. The Balaban J connectivity index is 5.04. The third-order valence-electron chi connectivity index (χ3n) is 15.9. The summed E-state index contributed by atoms with van der Waals surface area (Å²) < 4.78 is 30.5. The fourth-order valence-corrected chi connectivity index (χ4v) is 11.0. The molecule has 0 spiro atoms. The van der Waals surface area contributed by atoms with Crippen molar-refractivity contribution in [3.63, 3.8) is 0 Å². The third kappa shape index (κ3) is 67.1. The van der Waals surface area contributed by atoms with Crippen LogP contribution >= 0.6 is 7.82 Å². The van der Waals surface area contributed by atoms with Crippen LogP contribution in [0.5, 0.6) is 0 Å². The van der Waals surface area contributed by atoms with Crippen LogP contribution in [-0.4, -0.2) is 69.4 Å². The van der Waals surface area contributed by atoms with E-state index in [-0.39, 0.29) is 24.9 Å². The minimum atomic E-state index is -4.72. The predicted octanol–water partition coefficient (Wildman–Crippen LogP) is 23.0. The summed E-state index contributed by atoms with van der Waals surface area (Å²) in [5, 5.41) is 3.04. The Morgan fingerprint density at radius 3 is 1.11 bits per heavy atom. The molecule has 10 heteroatoms. The molecule has 1 amide bonds. The molecule has 508 valence electrons. The number of esters is 1. The monoisotopic (exact) mass is 1250 g/mol. The number of likely N-dealkylation sites (N-methyl/N-ethyl adjacent to an activating group) is 1. The standard InChI is InChI=1S/C78H139N2O7P/c1-7-10-13-16-19-22-25-28-30-32-34-36-38-39-40-41-43-45-47-49-51-53-56-59-62-65-68-71-78(82)87-76(69-66-63-60-57-54-27-24-21-18-15-12-9-3)75(74-86-88(83,84)85-73-72-80(4,5)6)79-77(81)70-67-64-61-58-55-52-50-48-46-44-42-37-35-33-31-29-26-23-20-17-14-11-8-2/h11,14,19-20,22-23,28-31,34-37,44,46,66,69,75-76H,7-10,12-13,15-18,21,24-27,32-33,38-43,45,47-65,67-68,70-74H2,1-6H3,(H-,79,81,83,84)/b14-11-,22-19-,23-20-,30-28-,31-29-,36-34-,37-35-,46-44-,69-66+. The van der Waals surface area contributed by atoms with Gasteiger partial charge in [0.05, 0.1) is 33.8 Å². The number of amides is 1. The molecule has 0 radical (unpaired) electrons. The highest BCUT2D eigenvalue weighted by molar-refractivity contribution is 7.45. The van der Waals surface area contributed by atoms with E-state index in [0.717, 1.165) is 116 Å². The number of nitrogens with one attached hydrogen (secondary N) is 1. The molecule has 0 aromatic heterocycles. The Kier molecular flexibility index (Phi) is 64.1. The molecule has 0 aromatic carbocycles. The highest BCUT2D eigenvalue weighted by Crippen LogP contribution is 2.38. The van der Waals surface area contributed by atoms with Crippen molar-refractivity contribution in [1.29, 1.82) is 0 Å². The van der Waals surface area contributed by atoms with Crippen molar-refractivity contribution in [3.8, 4) is 0 Å². The number of unbranched alkanes of at least 4 members (excludes halogenated alkanes) is 34. The molecule has 0 aromatic rings. The molecule has 3 atom stereocenters. The molecule has 88 heavy (non-hydrogen) atoms. The number of quaternary nitrogens is 1. The van der Waals surface area contributed by atoms with Crippen LogP contribution in [0.3, 0.4) is 0 Å². The number of allylic oxidation sites excluding steroid dienone is 17. The van der Waals surface area contributed by atoms with Crippen molar-refractivity contribution in [2.24, 2.45) is 0 Å². The fourth-order valence-electron chi connectivity index (χ4n) is 10.3. The van der Waals surface area contributed by atoms with Crippen LogP contribution in [0.25, 0.3) is 0 Å². The van der Waals surface area contributed by atoms with Gasteiger partial charge in [-0.15, -0.1) is 0 Å². The molecule has 0 rings (SSSR count). The quantitative estimate of drug-likeness (QED) is 0.0212. The van der Waals surface area contributed by atoms with E-state index in [0.29, 0.717) is 17.4 Å². The third-order valence-corrected chi connectivity index (χ3v) is 16.9. The number of carbonyl (C=O) groups excluding carboxylic acids is 2. The maximum Gasteiger partial charge on any atom is 0.306 e. The number of phosphoric acid groups is 1. The number of hydrogen-bond acceptors (Lipinski definition) is 7. The normalized spacial score (nSPS) is 14.1. The summed E-state index contributed by atoms with van der Waals surface area (Å²) >= 11 is 0. The summed E-state index contributed by atoms with van der Waals surface area (Å²) in [6, 6.07) is -0.902. The van der Waals surface area contributed by atoms with Gasteiger partial charge in [-0.2, -0.15) is 0 Å². The van der Waals surface area contributed by atoms with Gasteiger partial charge in [-0.25, -0.2) is 0 Å². The van der Waals surface area contributed by atoms with E-state index >= 15 is 0 Å². The van der Waals surface area contributed by atoms with Gasteiger partial charge >= 0.3 is 5.97 Å². The summed E-state index contributed by atoms with van der Waals surface area (Å²) in [6.07, 6.45) is 92.1. The van der Waals surface area contributed by atoms with Crippen LogP contribution in [0.2, 0.25) is 0 Å². The number of ether oxygens (including phenoxy) is 1. The van der Waals surface area contributed by atoms with Gasteiger partial charge in [0, 0.05) is 12.8 Å². The summed E-state index contributed by atoms with van der Waals surface area (Å²) in [5.74, 6) is -0.551. The highest BCUT2D eigenvalue weighted by Gasteiger charge is 2.27. The van der Waals surface area contributed by atoms with Gasteiger partial charge in [-0.1, -0.05) is 304 Å². The van der Waals surface area contributed by atoms with Crippen LogP contribution in [0.4, 0.5) is 0 Å². The zero-order valence-corrected chi connectivity index (χ0v) is 59.0. The van der Waals surface area contributed by atoms with Gasteiger partial charge in [-0.3, -0.25) is 14.2 Å². The number of rotatable bonds is 66. The Morgan fingerprint density at radius 2 is 0.727 bits per heavy atom. The Hall–Kier alpha value is -3.33. The van der Waals surface area contributed by atoms with Crippen LogP contribution in [0.1, 0.15) is 323 Å². The molecule has 3 unspecified atom stereocenters. The Labute approximate surface area is 544 Å². The van der Waals surface area contributed by atoms with E-state index in [1.807, 2.05) is 33.3 Å². The van der Waals surface area contributed by atoms with Crippen LogP contribution < -0.4 is 10.2 Å². The molecule has 0 bridgehead atoms. The molecule has 0 aliphatic heterocycles. The molecule has 0 saturated heterocycles. The van der Waals surface area contributed by atoms with Crippen LogP contribution in [0, 0.1) is 0 Å². The first-order chi connectivity index (χ1) is 42.9. The average Bonchev–Trinajstić information content (AvgIpc) is 3.53. The largest absolute Gasteiger partial charge is 0.756 e. The maximum atomic E-state index is 13.6. The molecule has 0 aliphatic rings. The van der Waals surface area contributed by atoms with Crippen LogP contribution in [0.15, 0.2) is 109 Å². The first-order valence-corrected chi connectivity index (χ1v) is 38.2. The zero-order valence-electron chi connectivity index (χ0n) is 58.2. The van der Waals surface area contributed by atoms with Gasteiger partial charge in [0.25, 0.3) is 7.82 Å². The van der Waals surface area contributed by atoms with E-state index in [2.05, 4.69) is 123 Å². The van der Waals surface area contributed by atoms with E-state index in [1.165, 1.54) is 173 Å². The van der Waals surface area contributed by atoms with Gasteiger partial charge in [-0.05, 0) is 115 Å². The summed E-state index contributed by atoms with van der Waals surface area (Å²) in [4.78, 5) is 40.2. The second-order valence-electron chi connectivity index (χ2n) is 25.7. The van der Waals surface area contributed by atoms with Gasteiger partial charge in [0.15, 0.2) is 0 Å². The minimum Gasteiger partial charge on any atom is -0.756 e. The Bertz CT molecular complexity index is 1870. The molecular weight excluding hydrogens is 1110 g/mol. The van der Waals surface area contributed by atoms with E-state index in [9.17, 15) is 19.0 Å². The molecule has 0 saturated carbocycles. The first kappa shape index (κ1) is 84.7. The highest BCUT2D eigenvalue weighted by atomic mass is 31.2. The lowest BCUT2D eigenvalue weighted by Gasteiger charge is -2.30. The van der Waals surface area contributed by atoms with Gasteiger partial charge in [0.2, 0.25) is 5.91 Å². The van der Waals surface area contributed by atoms with Crippen molar-refractivity contribution >= 4 is 19.7 Å². The minimum absolute atomic E-state index is 0.0289. The van der Waals surface area contributed by atoms with Crippen molar-refractivity contribution in [2.45, 2.75) is 335 Å². The molecule has 0 aliphatic carbocycles. The lowest BCUT2D eigenvalue weighted by molar-refractivity contribution is -0.870. The van der Waals surface area contributed by atoms with Crippen molar-refractivity contribution in [2.75, 3.05) is 40.9 Å². The summed E-state index contributed by atoms with van der Waals surface area (Å²) in [5.41, 5.74) is 0. The SMILES string of the molecule is CC/C=C\C/C=C\C/C=C\C/C=C\C/C=C\CCCCCCCCCC(=O)NC(COP(=O)([O-])OCC[N+](C)(C)C)C(/C=C/CCCCCCCCCCCC)OC(=O)CCCCCCCCCCCCCCCC/C=C\C/C=C\C/C=C\CCCCC. The second-order valence-corrected chi connectivity index (χ2v) is 27.1. The topological polar surface area (TPSA) is 114 Å². The van der Waals surface area contributed by atoms with Crippen LogP contribution in [-0.2, 0) is 27.9 Å². The molecular formula is C78H139N2O7P. The van der Waals surface area contributed by atoms with E-state index in [1.54, 1.807) is 0 Å². The smallest absolute Gasteiger partial charge is 0.306 e. The molecule has 1 N–H and O–H groups in total. The summed E-state index contributed by atoms with van der Waals surface area (Å²) in [7, 11) is 1.17. The molecule has 0 heterocycles. The zero-order chi connectivity index (χ0) is 64.2. The van der Waals surface area contributed by atoms with Crippen molar-refractivity contribution in [3.05, 3.63) is 109 Å². The number of carbonyl (C=O) groups is 2. The molecule has 0 fully saturated rings. The van der Waals surface area contributed by atoms with Gasteiger partial charge in [0.1, 0.15) is 19.3 Å². The van der Waals surface area contributed by atoms with Gasteiger partial charge < -0.3 is 28.5 Å². The van der Waals surface area contributed by atoms with E-state index < -0.39 is 26.6 Å². The van der Waals surface area contributed by atoms with Crippen molar-refractivity contribution < 1.29 is 37.3 Å². The lowest BCUT2D eigenvalue weighted by Crippen LogP contribution is -2.47. The number of phosphoric ester groups is 1. The fraction of sp³-hybridized carbons (Fsp3) is 0.744.